The highest BCUT2D eigenvalue weighted by Gasteiger charge is 2.18. The molecule has 21 heavy (non-hydrogen) atoms. The zero-order valence-corrected chi connectivity index (χ0v) is 12.8. The Hall–Kier alpha value is -2.11. The van der Waals surface area contributed by atoms with E-state index >= 15 is 0 Å². The molecule has 0 aliphatic carbocycles. The van der Waals surface area contributed by atoms with Crippen molar-refractivity contribution < 1.29 is 18.7 Å². The maximum absolute atomic E-state index is 13.8. The Labute approximate surface area is 124 Å². The molecule has 0 unspecified atom stereocenters. The second-order valence-electron chi connectivity index (χ2n) is 5.20. The van der Waals surface area contributed by atoms with Crippen LogP contribution in [-0.2, 0) is 4.79 Å². The summed E-state index contributed by atoms with van der Waals surface area (Å²) in [5, 5.41) is 2.71. The number of nitrogens with one attached hydrogen (secondary N) is 1. The maximum atomic E-state index is 13.8. The lowest BCUT2D eigenvalue weighted by Crippen LogP contribution is -2.39. The fraction of sp³-hybridized carbons (Fsp3) is 0.467. The Balaban J connectivity index is 2.68. The number of halogens is 1. The van der Waals surface area contributed by atoms with E-state index in [2.05, 4.69) is 5.32 Å². The lowest BCUT2D eigenvalue weighted by atomic mass is 10.1. The lowest BCUT2D eigenvalue weighted by Gasteiger charge is -2.18. The van der Waals surface area contributed by atoms with E-state index in [0.29, 0.717) is 18.2 Å². The van der Waals surface area contributed by atoms with Crippen LogP contribution in [0.4, 0.5) is 4.39 Å². The predicted molar refractivity (Wildman–Crippen MR) is 77.8 cm³/mol. The van der Waals surface area contributed by atoms with Gasteiger partial charge in [-0.1, -0.05) is 13.8 Å². The van der Waals surface area contributed by atoms with E-state index in [1.165, 1.54) is 31.2 Å². The Morgan fingerprint density at radius 1 is 1.38 bits per heavy atom. The monoisotopic (exact) mass is 296 g/mol. The van der Waals surface area contributed by atoms with Crippen LogP contribution in [-0.4, -0.2) is 44.0 Å². The van der Waals surface area contributed by atoms with Crippen molar-refractivity contribution in [2.45, 2.75) is 13.8 Å². The number of benzene rings is 1. The zero-order chi connectivity index (χ0) is 16.0. The van der Waals surface area contributed by atoms with Crippen molar-refractivity contribution in [2.24, 2.45) is 5.92 Å². The number of hydrogen-bond acceptors (Lipinski definition) is 3. The van der Waals surface area contributed by atoms with Crippen LogP contribution in [0.2, 0.25) is 0 Å². The first-order valence-electron chi connectivity index (χ1n) is 6.70. The second kappa shape index (κ2) is 7.61. The number of carbonyl (C=O) groups excluding carboxylic acids is 2. The van der Waals surface area contributed by atoms with Crippen LogP contribution in [0.15, 0.2) is 18.2 Å². The minimum atomic E-state index is -0.672. The Bertz CT molecular complexity index is 518. The van der Waals surface area contributed by atoms with Gasteiger partial charge >= 0.3 is 0 Å². The van der Waals surface area contributed by atoms with Crippen LogP contribution in [0.5, 0.6) is 5.75 Å². The summed E-state index contributed by atoms with van der Waals surface area (Å²) in [6.45, 7) is 4.37. The molecule has 0 saturated heterocycles. The third-order valence-electron chi connectivity index (χ3n) is 2.84. The average Bonchev–Trinajstić information content (AvgIpc) is 2.44. The van der Waals surface area contributed by atoms with Crippen LogP contribution >= 0.6 is 0 Å². The zero-order valence-electron chi connectivity index (χ0n) is 12.8. The molecule has 1 N–H and O–H groups in total. The summed E-state index contributed by atoms with van der Waals surface area (Å²) in [5.74, 6) is -0.826. The summed E-state index contributed by atoms with van der Waals surface area (Å²) in [6, 6.07) is 3.99. The first kappa shape index (κ1) is 16.9. The standard InChI is InChI=1S/C15H21FN2O3/c1-10(2)8-17-14(19)9-18(3)15(20)12-6-5-11(21-4)7-13(12)16/h5-7,10H,8-9H2,1-4H3,(H,17,19). The van der Waals surface area contributed by atoms with Crippen LogP contribution in [0, 0.1) is 11.7 Å². The van der Waals surface area contributed by atoms with Gasteiger partial charge in [0.2, 0.25) is 5.91 Å². The fourth-order valence-corrected chi connectivity index (χ4v) is 1.66. The summed E-state index contributed by atoms with van der Waals surface area (Å²) in [6.07, 6.45) is 0. The highest BCUT2D eigenvalue weighted by atomic mass is 19.1. The highest BCUT2D eigenvalue weighted by Crippen LogP contribution is 2.17. The first-order valence-corrected chi connectivity index (χ1v) is 6.70. The van der Waals surface area contributed by atoms with E-state index in [1.807, 2.05) is 13.8 Å². The van der Waals surface area contributed by atoms with Gasteiger partial charge in [-0.2, -0.15) is 0 Å². The lowest BCUT2D eigenvalue weighted by molar-refractivity contribution is -0.121. The molecule has 2 amide bonds. The molecule has 1 aromatic carbocycles. The predicted octanol–water partition coefficient (Wildman–Crippen LogP) is 1.68. The molecule has 1 aromatic rings. The molecule has 0 saturated carbocycles. The van der Waals surface area contributed by atoms with Gasteiger partial charge in [0.15, 0.2) is 0 Å². The Morgan fingerprint density at radius 2 is 2.05 bits per heavy atom. The van der Waals surface area contributed by atoms with Crippen molar-refractivity contribution in [3.05, 3.63) is 29.6 Å². The number of nitrogens with zero attached hydrogens (tertiary/aromatic N) is 1. The van der Waals surface area contributed by atoms with Crippen molar-refractivity contribution in [1.82, 2.24) is 10.2 Å². The molecule has 6 heteroatoms. The minimum Gasteiger partial charge on any atom is -0.497 e. The largest absolute Gasteiger partial charge is 0.497 e. The minimum absolute atomic E-state index is 0.0880. The van der Waals surface area contributed by atoms with Crippen LogP contribution in [0.25, 0.3) is 0 Å². The van der Waals surface area contributed by atoms with Gasteiger partial charge in [-0.25, -0.2) is 4.39 Å². The number of amides is 2. The second-order valence-corrected chi connectivity index (χ2v) is 5.20. The highest BCUT2D eigenvalue weighted by molar-refractivity contribution is 5.96. The van der Waals surface area contributed by atoms with Crippen molar-refractivity contribution in [3.8, 4) is 5.75 Å². The van der Waals surface area contributed by atoms with Crippen LogP contribution in [0.3, 0.4) is 0 Å². The van der Waals surface area contributed by atoms with Gasteiger partial charge in [0, 0.05) is 19.7 Å². The normalized spacial score (nSPS) is 10.4. The summed E-state index contributed by atoms with van der Waals surface area (Å²) in [5.41, 5.74) is -0.0880. The smallest absolute Gasteiger partial charge is 0.257 e. The van der Waals surface area contributed by atoms with E-state index in [0.717, 1.165) is 6.07 Å². The topological polar surface area (TPSA) is 58.6 Å². The Kier molecular flexibility index (Phi) is 6.14. The molecule has 1 rings (SSSR count). The summed E-state index contributed by atoms with van der Waals surface area (Å²) in [7, 11) is 2.88. The molecular formula is C15H21FN2O3. The van der Waals surface area contributed by atoms with Gasteiger partial charge in [0.1, 0.15) is 11.6 Å². The fourth-order valence-electron chi connectivity index (χ4n) is 1.66. The summed E-state index contributed by atoms with van der Waals surface area (Å²) in [4.78, 5) is 24.9. The van der Waals surface area contributed by atoms with Gasteiger partial charge in [-0.3, -0.25) is 9.59 Å². The molecule has 0 heterocycles. The number of carbonyl (C=O) groups is 2. The van der Waals surface area contributed by atoms with Crippen molar-refractivity contribution in [1.29, 1.82) is 0 Å². The van der Waals surface area contributed by atoms with E-state index in [9.17, 15) is 14.0 Å². The molecule has 0 bridgehead atoms. The summed E-state index contributed by atoms with van der Waals surface area (Å²) < 4.78 is 18.7. The summed E-state index contributed by atoms with van der Waals surface area (Å²) >= 11 is 0. The molecule has 5 nitrogen and oxygen atoms in total. The third kappa shape index (κ3) is 5.06. The SMILES string of the molecule is COc1ccc(C(=O)N(C)CC(=O)NCC(C)C)c(F)c1. The number of ether oxygens (including phenoxy) is 1. The number of likely N-dealkylation sites (N-methyl/N-ethyl adjacent to an activating group) is 1. The molecule has 0 atom stereocenters. The number of methoxy groups -OCH3 is 1. The van der Waals surface area contributed by atoms with Crippen LogP contribution in [0.1, 0.15) is 24.2 Å². The molecule has 0 aliphatic rings. The molecular weight excluding hydrogens is 275 g/mol. The van der Waals surface area contributed by atoms with Gasteiger partial charge < -0.3 is 15.0 Å². The number of hydrogen-bond donors (Lipinski definition) is 1. The van der Waals surface area contributed by atoms with Gasteiger partial charge in [0.05, 0.1) is 19.2 Å². The first-order chi connectivity index (χ1) is 9.85. The quantitative estimate of drug-likeness (QED) is 0.869. The van der Waals surface area contributed by atoms with Gasteiger partial charge in [-0.15, -0.1) is 0 Å². The Morgan fingerprint density at radius 3 is 2.57 bits per heavy atom. The third-order valence-corrected chi connectivity index (χ3v) is 2.84. The molecule has 0 fully saturated rings. The molecule has 116 valence electrons. The number of rotatable bonds is 6. The molecule has 0 spiro atoms. The van der Waals surface area contributed by atoms with E-state index in [-0.39, 0.29) is 18.0 Å². The van der Waals surface area contributed by atoms with Crippen LogP contribution < -0.4 is 10.1 Å². The van der Waals surface area contributed by atoms with E-state index in [4.69, 9.17) is 4.74 Å². The van der Waals surface area contributed by atoms with Crippen molar-refractivity contribution >= 4 is 11.8 Å². The average molecular weight is 296 g/mol. The van der Waals surface area contributed by atoms with E-state index < -0.39 is 11.7 Å². The van der Waals surface area contributed by atoms with Gasteiger partial charge in [-0.05, 0) is 18.1 Å². The molecule has 0 aliphatic heterocycles. The van der Waals surface area contributed by atoms with Crippen molar-refractivity contribution in [2.75, 3.05) is 27.2 Å². The molecule has 0 radical (unpaired) electrons. The van der Waals surface area contributed by atoms with E-state index in [1.54, 1.807) is 0 Å². The van der Waals surface area contributed by atoms with Gasteiger partial charge in [0.25, 0.3) is 5.91 Å². The van der Waals surface area contributed by atoms with Crippen molar-refractivity contribution in [3.63, 3.8) is 0 Å². The maximum Gasteiger partial charge on any atom is 0.257 e. The molecule has 0 aromatic heterocycles.